The largest absolute Gasteiger partial charge is 0.496 e. The van der Waals surface area contributed by atoms with Crippen LogP contribution in [0.2, 0.25) is 0 Å². The molecule has 0 saturated carbocycles. The highest BCUT2D eigenvalue weighted by molar-refractivity contribution is 5.69. The third-order valence-corrected chi connectivity index (χ3v) is 3.73. The normalized spacial score (nSPS) is 14.0. The van der Waals surface area contributed by atoms with Gasteiger partial charge in [-0.25, -0.2) is 0 Å². The average molecular weight is 265 g/mol. The number of hydrogen-bond donors (Lipinski definition) is 2. The number of methoxy groups -OCH3 is 1. The average Bonchev–Trinajstić information content (AvgIpc) is 2.33. The molecular formula is C15H23NO3. The topological polar surface area (TPSA) is 72.5 Å². The summed E-state index contributed by atoms with van der Waals surface area (Å²) < 4.78 is 5.33. The Bertz CT molecular complexity index is 483. The summed E-state index contributed by atoms with van der Waals surface area (Å²) in [7, 11) is 1.65. The van der Waals surface area contributed by atoms with E-state index in [0.29, 0.717) is 6.42 Å². The molecule has 1 aromatic rings. The predicted molar refractivity (Wildman–Crippen MR) is 75.6 cm³/mol. The Hall–Kier alpha value is -1.55. The second-order valence-corrected chi connectivity index (χ2v) is 5.14. The number of ether oxygens (including phenoxy) is 1. The third kappa shape index (κ3) is 3.26. The molecule has 3 N–H and O–H groups in total. The van der Waals surface area contributed by atoms with E-state index in [-0.39, 0.29) is 6.04 Å². The van der Waals surface area contributed by atoms with Gasteiger partial charge >= 0.3 is 5.97 Å². The van der Waals surface area contributed by atoms with E-state index in [2.05, 4.69) is 0 Å². The molecule has 2 atom stereocenters. The van der Waals surface area contributed by atoms with Crippen LogP contribution in [0.4, 0.5) is 0 Å². The number of carboxylic acid groups (broad SMARTS) is 1. The standard InChI is InChI=1S/C15H23NO3/c1-8-7-13(19-5)10(3)11(4)14(8)12(16)6-9(2)15(17)18/h7,9,12H,6,16H2,1-5H3,(H,17,18). The second kappa shape index (κ2) is 6.06. The van der Waals surface area contributed by atoms with Gasteiger partial charge in [-0.15, -0.1) is 0 Å². The SMILES string of the molecule is COc1cc(C)c(C(N)CC(C)C(=O)O)c(C)c1C. The van der Waals surface area contributed by atoms with Crippen molar-refractivity contribution in [3.63, 3.8) is 0 Å². The molecule has 0 aliphatic rings. The molecule has 1 rings (SSSR count). The Morgan fingerprint density at radius 2 is 1.95 bits per heavy atom. The zero-order chi connectivity index (χ0) is 14.7. The number of carboxylic acids is 1. The lowest BCUT2D eigenvalue weighted by molar-refractivity contribution is -0.141. The molecule has 0 aliphatic carbocycles. The molecule has 0 amide bonds. The van der Waals surface area contributed by atoms with Crippen molar-refractivity contribution in [3.05, 3.63) is 28.3 Å². The molecule has 0 fully saturated rings. The van der Waals surface area contributed by atoms with E-state index < -0.39 is 11.9 Å². The minimum absolute atomic E-state index is 0.268. The number of nitrogens with two attached hydrogens (primary N) is 1. The van der Waals surface area contributed by atoms with Crippen LogP contribution < -0.4 is 10.5 Å². The Balaban J connectivity index is 3.13. The molecule has 4 nitrogen and oxygen atoms in total. The van der Waals surface area contributed by atoms with Crippen LogP contribution in [0, 0.1) is 26.7 Å². The summed E-state index contributed by atoms with van der Waals surface area (Å²) in [4.78, 5) is 10.9. The lowest BCUT2D eigenvalue weighted by atomic mass is 9.88. The summed E-state index contributed by atoms with van der Waals surface area (Å²) in [6.45, 7) is 7.66. The quantitative estimate of drug-likeness (QED) is 0.858. The van der Waals surface area contributed by atoms with E-state index in [0.717, 1.165) is 28.0 Å². The molecule has 4 heteroatoms. The Morgan fingerprint density at radius 1 is 1.37 bits per heavy atom. The van der Waals surface area contributed by atoms with Crippen LogP contribution in [0.25, 0.3) is 0 Å². The van der Waals surface area contributed by atoms with Crippen molar-refractivity contribution in [1.82, 2.24) is 0 Å². The van der Waals surface area contributed by atoms with Gasteiger partial charge in [0.1, 0.15) is 5.75 Å². The Kier molecular flexibility index (Phi) is 4.95. The van der Waals surface area contributed by atoms with E-state index in [1.165, 1.54) is 0 Å². The molecular weight excluding hydrogens is 242 g/mol. The van der Waals surface area contributed by atoms with E-state index in [1.54, 1.807) is 14.0 Å². The smallest absolute Gasteiger partial charge is 0.306 e. The number of carbonyl (C=O) groups is 1. The summed E-state index contributed by atoms with van der Waals surface area (Å²) >= 11 is 0. The fraction of sp³-hybridized carbons (Fsp3) is 0.533. The Morgan fingerprint density at radius 3 is 2.42 bits per heavy atom. The van der Waals surface area contributed by atoms with Crippen molar-refractivity contribution in [1.29, 1.82) is 0 Å². The zero-order valence-corrected chi connectivity index (χ0v) is 12.3. The van der Waals surface area contributed by atoms with E-state index in [9.17, 15) is 4.79 Å². The van der Waals surface area contributed by atoms with Gasteiger partial charge < -0.3 is 15.6 Å². The first-order chi connectivity index (χ1) is 8.79. The maximum absolute atomic E-state index is 10.9. The highest BCUT2D eigenvalue weighted by Gasteiger charge is 2.21. The van der Waals surface area contributed by atoms with Gasteiger partial charge in [-0.1, -0.05) is 6.92 Å². The highest BCUT2D eigenvalue weighted by atomic mass is 16.5. The van der Waals surface area contributed by atoms with Gasteiger partial charge in [0.15, 0.2) is 0 Å². The van der Waals surface area contributed by atoms with Crippen molar-refractivity contribution >= 4 is 5.97 Å². The van der Waals surface area contributed by atoms with Crippen molar-refractivity contribution in [2.45, 2.75) is 40.2 Å². The molecule has 0 aliphatic heterocycles. The molecule has 19 heavy (non-hydrogen) atoms. The Labute approximate surface area is 114 Å². The monoisotopic (exact) mass is 265 g/mol. The van der Waals surface area contributed by atoms with Gasteiger partial charge in [-0.2, -0.15) is 0 Å². The molecule has 106 valence electrons. The van der Waals surface area contributed by atoms with Crippen LogP contribution >= 0.6 is 0 Å². The molecule has 0 radical (unpaired) electrons. The van der Waals surface area contributed by atoms with Crippen LogP contribution in [0.5, 0.6) is 5.75 Å². The lowest BCUT2D eigenvalue weighted by Gasteiger charge is -2.22. The summed E-state index contributed by atoms with van der Waals surface area (Å²) in [5, 5.41) is 8.98. The molecule has 0 spiro atoms. The van der Waals surface area contributed by atoms with Crippen molar-refractivity contribution in [2.75, 3.05) is 7.11 Å². The van der Waals surface area contributed by atoms with E-state index in [1.807, 2.05) is 26.8 Å². The molecule has 0 heterocycles. The van der Waals surface area contributed by atoms with Crippen LogP contribution in [0.1, 0.15) is 41.6 Å². The fourth-order valence-corrected chi connectivity index (χ4v) is 2.45. The van der Waals surface area contributed by atoms with E-state index in [4.69, 9.17) is 15.6 Å². The summed E-state index contributed by atoms with van der Waals surface area (Å²) in [6, 6.07) is 1.69. The minimum Gasteiger partial charge on any atom is -0.496 e. The number of benzene rings is 1. The van der Waals surface area contributed by atoms with Gasteiger partial charge in [0, 0.05) is 6.04 Å². The number of aliphatic carboxylic acids is 1. The predicted octanol–water partition coefficient (Wildman–Crippen LogP) is 2.73. The maximum atomic E-state index is 10.9. The zero-order valence-electron chi connectivity index (χ0n) is 12.3. The summed E-state index contributed by atoms with van der Waals surface area (Å²) in [6.07, 6.45) is 0.433. The third-order valence-electron chi connectivity index (χ3n) is 3.73. The maximum Gasteiger partial charge on any atom is 0.306 e. The molecule has 0 saturated heterocycles. The van der Waals surface area contributed by atoms with Gasteiger partial charge in [-0.3, -0.25) is 4.79 Å². The number of hydrogen-bond acceptors (Lipinski definition) is 3. The van der Waals surface area contributed by atoms with Crippen molar-refractivity contribution in [2.24, 2.45) is 11.7 Å². The van der Waals surface area contributed by atoms with Crippen LogP contribution in [-0.2, 0) is 4.79 Å². The molecule has 0 bridgehead atoms. The second-order valence-electron chi connectivity index (χ2n) is 5.14. The molecule has 1 aromatic carbocycles. The van der Waals surface area contributed by atoms with Crippen LogP contribution in [0.3, 0.4) is 0 Å². The minimum atomic E-state index is -0.809. The van der Waals surface area contributed by atoms with Crippen molar-refractivity contribution in [3.8, 4) is 5.75 Å². The number of rotatable bonds is 5. The summed E-state index contributed by atoms with van der Waals surface area (Å²) in [5.41, 5.74) is 10.4. The van der Waals surface area contributed by atoms with Crippen molar-refractivity contribution < 1.29 is 14.6 Å². The van der Waals surface area contributed by atoms with Gasteiger partial charge in [0.25, 0.3) is 0 Å². The first-order valence-corrected chi connectivity index (χ1v) is 6.42. The van der Waals surface area contributed by atoms with Gasteiger partial charge in [0.2, 0.25) is 0 Å². The first-order valence-electron chi connectivity index (χ1n) is 6.42. The van der Waals surface area contributed by atoms with E-state index >= 15 is 0 Å². The van der Waals surface area contributed by atoms with Gasteiger partial charge in [0.05, 0.1) is 13.0 Å². The summed E-state index contributed by atoms with van der Waals surface area (Å²) in [5.74, 6) is -0.413. The molecule has 2 unspecified atom stereocenters. The lowest BCUT2D eigenvalue weighted by Crippen LogP contribution is -2.21. The van der Waals surface area contributed by atoms with Crippen LogP contribution in [-0.4, -0.2) is 18.2 Å². The van der Waals surface area contributed by atoms with Crippen LogP contribution in [0.15, 0.2) is 6.07 Å². The highest BCUT2D eigenvalue weighted by Crippen LogP contribution is 2.32. The fourth-order valence-electron chi connectivity index (χ4n) is 2.45. The number of aryl methyl sites for hydroxylation is 1. The first kappa shape index (κ1) is 15.5. The molecule has 0 aromatic heterocycles. The van der Waals surface area contributed by atoms with Gasteiger partial charge in [-0.05, 0) is 55.5 Å².